The maximum Gasteiger partial charge on any atom is 0.123 e. The molecule has 2 aromatic carbocycles. The molecule has 0 aliphatic heterocycles. The highest BCUT2D eigenvalue weighted by Gasteiger charge is 2.08. The standard InChI is InChI=1S/C14H14FN/c1-10-2-4-11(5-3-10)14(16)12-6-8-13(15)9-7-12/h2-9,14H,16H2,1H3/t14-/m1/s1. The number of nitrogens with two attached hydrogens (primary N) is 1. The van der Waals surface area contributed by atoms with Gasteiger partial charge in [0, 0.05) is 0 Å². The van der Waals surface area contributed by atoms with Crippen molar-refractivity contribution in [2.24, 2.45) is 5.73 Å². The average Bonchev–Trinajstić information content (AvgIpc) is 2.30. The van der Waals surface area contributed by atoms with Crippen LogP contribution in [0.15, 0.2) is 48.5 Å². The van der Waals surface area contributed by atoms with Crippen molar-refractivity contribution in [2.45, 2.75) is 13.0 Å². The summed E-state index contributed by atoms with van der Waals surface area (Å²) < 4.78 is 12.8. The molecule has 0 spiro atoms. The van der Waals surface area contributed by atoms with Crippen LogP contribution in [0.25, 0.3) is 0 Å². The van der Waals surface area contributed by atoms with Crippen molar-refractivity contribution < 1.29 is 4.39 Å². The zero-order valence-corrected chi connectivity index (χ0v) is 9.15. The number of halogens is 1. The van der Waals surface area contributed by atoms with E-state index in [4.69, 9.17) is 5.73 Å². The highest BCUT2D eigenvalue weighted by Crippen LogP contribution is 2.19. The minimum Gasteiger partial charge on any atom is -0.320 e. The molecule has 0 saturated heterocycles. The molecule has 0 radical (unpaired) electrons. The Morgan fingerprint density at radius 2 is 1.31 bits per heavy atom. The summed E-state index contributed by atoms with van der Waals surface area (Å²) in [4.78, 5) is 0. The first-order valence-electron chi connectivity index (χ1n) is 5.24. The molecule has 0 aromatic heterocycles. The van der Waals surface area contributed by atoms with Gasteiger partial charge in [0.25, 0.3) is 0 Å². The van der Waals surface area contributed by atoms with Crippen LogP contribution in [0.3, 0.4) is 0 Å². The first kappa shape index (κ1) is 10.8. The number of benzene rings is 2. The molecule has 2 aromatic rings. The minimum atomic E-state index is -0.236. The number of hydrogen-bond acceptors (Lipinski definition) is 1. The molecular formula is C14H14FN. The molecule has 0 bridgehead atoms. The van der Waals surface area contributed by atoms with Crippen molar-refractivity contribution in [2.75, 3.05) is 0 Å². The second-order valence-corrected chi connectivity index (χ2v) is 3.94. The first-order valence-corrected chi connectivity index (χ1v) is 5.24. The summed E-state index contributed by atoms with van der Waals surface area (Å²) in [7, 11) is 0. The fourth-order valence-electron chi connectivity index (χ4n) is 1.64. The normalized spacial score (nSPS) is 12.4. The number of aryl methyl sites for hydroxylation is 1. The molecule has 2 rings (SSSR count). The van der Waals surface area contributed by atoms with Gasteiger partial charge in [-0.3, -0.25) is 0 Å². The molecule has 0 heterocycles. The van der Waals surface area contributed by atoms with E-state index in [0.717, 1.165) is 11.1 Å². The molecule has 0 amide bonds. The van der Waals surface area contributed by atoms with Crippen molar-refractivity contribution >= 4 is 0 Å². The monoisotopic (exact) mass is 215 g/mol. The Kier molecular flexibility index (Phi) is 3.02. The van der Waals surface area contributed by atoms with E-state index in [9.17, 15) is 4.39 Å². The van der Waals surface area contributed by atoms with Gasteiger partial charge >= 0.3 is 0 Å². The quantitative estimate of drug-likeness (QED) is 0.818. The highest BCUT2D eigenvalue weighted by atomic mass is 19.1. The summed E-state index contributed by atoms with van der Waals surface area (Å²) in [5, 5.41) is 0. The van der Waals surface area contributed by atoms with Crippen LogP contribution in [0.2, 0.25) is 0 Å². The predicted molar refractivity (Wildman–Crippen MR) is 63.6 cm³/mol. The first-order chi connectivity index (χ1) is 7.66. The lowest BCUT2D eigenvalue weighted by molar-refractivity contribution is 0.626. The Balaban J connectivity index is 2.28. The van der Waals surface area contributed by atoms with Gasteiger partial charge in [0.15, 0.2) is 0 Å². The van der Waals surface area contributed by atoms with Crippen molar-refractivity contribution in [1.82, 2.24) is 0 Å². The van der Waals surface area contributed by atoms with Crippen LogP contribution < -0.4 is 5.73 Å². The van der Waals surface area contributed by atoms with Gasteiger partial charge in [-0.2, -0.15) is 0 Å². The molecule has 0 aliphatic carbocycles. The molecule has 0 unspecified atom stereocenters. The van der Waals surface area contributed by atoms with E-state index in [1.54, 1.807) is 12.1 Å². The molecule has 0 fully saturated rings. The van der Waals surface area contributed by atoms with Crippen LogP contribution in [0.1, 0.15) is 22.7 Å². The van der Waals surface area contributed by atoms with Crippen LogP contribution in [0.4, 0.5) is 4.39 Å². The fraction of sp³-hybridized carbons (Fsp3) is 0.143. The third kappa shape index (κ3) is 2.28. The number of hydrogen-bond donors (Lipinski definition) is 1. The van der Waals surface area contributed by atoms with Crippen molar-refractivity contribution in [1.29, 1.82) is 0 Å². The Hall–Kier alpha value is -1.67. The lowest BCUT2D eigenvalue weighted by atomic mass is 9.99. The second-order valence-electron chi connectivity index (χ2n) is 3.94. The minimum absolute atomic E-state index is 0.193. The third-order valence-electron chi connectivity index (χ3n) is 2.67. The largest absolute Gasteiger partial charge is 0.320 e. The lowest BCUT2D eigenvalue weighted by Crippen LogP contribution is -2.11. The van der Waals surface area contributed by atoms with Gasteiger partial charge in [-0.15, -0.1) is 0 Å². The summed E-state index contributed by atoms with van der Waals surface area (Å²) in [6.45, 7) is 2.03. The maximum atomic E-state index is 12.8. The van der Waals surface area contributed by atoms with Gasteiger partial charge in [0.1, 0.15) is 5.82 Å². The Morgan fingerprint density at radius 3 is 1.81 bits per heavy atom. The Labute approximate surface area is 94.7 Å². The van der Waals surface area contributed by atoms with Gasteiger partial charge in [0.2, 0.25) is 0 Å². The topological polar surface area (TPSA) is 26.0 Å². The van der Waals surface area contributed by atoms with Crippen LogP contribution in [0.5, 0.6) is 0 Å². The van der Waals surface area contributed by atoms with Gasteiger partial charge in [-0.25, -0.2) is 4.39 Å². The van der Waals surface area contributed by atoms with E-state index >= 15 is 0 Å². The van der Waals surface area contributed by atoms with Crippen molar-refractivity contribution in [3.63, 3.8) is 0 Å². The summed E-state index contributed by atoms with van der Waals surface area (Å²) in [6.07, 6.45) is 0. The van der Waals surface area contributed by atoms with Crippen molar-refractivity contribution in [3.05, 3.63) is 71.0 Å². The van der Waals surface area contributed by atoms with E-state index in [2.05, 4.69) is 0 Å². The summed E-state index contributed by atoms with van der Waals surface area (Å²) >= 11 is 0. The molecule has 1 nitrogen and oxygen atoms in total. The molecule has 0 aliphatic rings. The smallest absolute Gasteiger partial charge is 0.123 e. The fourth-order valence-corrected chi connectivity index (χ4v) is 1.64. The summed E-state index contributed by atoms with van der Waals surface area (Å²) in [6, 6.07) is 14.2. The molecule has 2 heteroatoms. The summed E-state index contributed by atoms with van der Waals surface area (Å²) in [5.41, 5.74) is 9.26. The van der Waals surface area contributed by atoms with E-state index < -0.39 is 0 Å². The lowest BCUT2D eigenvalue weighted by Gasteiger charge is -2.12. The highest BCUT2D eigenvalue weighted by molar-refractivity contribution is 5.32. The van der Waals surface area contributed by atoms with E-state index in [0.29, 0.717) is 0 Å². The summed E-state index contributed by atoms with van der Waals surface area (Å²) in [5.74, 6) is -0.236. The maximum absolute atomic E-state index is 12.8. The van der Waals surface area contributed by atoms with Crippen LogP contribution in [-0.2, 0) is 0 Å². The van der Waals surface area contributed by atoms with Crippen LogP contribution >= 0.6 is 0 Å². The number of rotatable bonds is 2. The van der Waals surface area contributed by atoms with Gasteiger partial charge < -0.3 is 5.73 Å². The third-order valence-corrected chi connectivity index (χ3v) is 2.67. The Morgan fingerprint density at radius 1 is 0.875 bits per heavy atom. The molecule has 82 valence electrons. The molecule has 2 N–H and O–H groups in total. The van der Waals surface area contributed by atoms with Gasteiger partial charge in [-0.1, -0.05) is 42.0 Å². The molecule has 0 saturated carbocycles. The van der Waals surface area contributed by atoms with E-state index in [-0.39, 0.29) is 11.9 Å². The predicted octanol–water partition coefficient (Wildman–Crippen LogP) is 3.18. The molecule has 16 heavy (non-hydrogen) atoms. The van der Waals surface area contributed by atoms with E-state index in [1.807, 2.05) is 31.2 Å². The van der Waals surface area contributed by atoms with Crippen LogP contribution in [0, 0.1) is 12.7 Å². The SMILES string of the molecule is Cc1ccc([C@@H](N)c2ccc(F)cc2)cc1. The van der Waals surface area contributed by atoms with Gasteiger partial charge in [0.05, 0.1) is 6.04 Å². The average molecular weight is 215 g/mol. The Bertz CT molecular complexity index is 414. The van der Waals surface area contributed by atoms with Crippen LogP contribution in [-0.4, -0.2) is 0 Å². The molecular weight excluding hydrogens is 201 g/mol. The molecule has 1 atom stereocenters. The van der Waals surface area contributed by atoms with Crippen molar-refractivity contribution in [3.8, 4) is 0 Å². The zero-order valence-electron chi connectivity index (χ0n) is 9.15. The zero-order chi connectivity index (χ0) is 11.5. The van der Waals surface area contributed by atoms with Gasteiger partial charge in [-0.05, 0) is 30.2 Å². The van der Waals surface area contributed by atoms with E-state index in [1.165, 1.54) is 17.7 Å². The second kappa shape index (κ2) is 4.45.